The van der Waals surface area contributed by atoms with Crippen molar-refractivity contribution in [2.45, 2.75) is 26.8 Å². The Morgan fingerprint density at radius 1 is 1.14 bits per heavy atom. The highest BCUT2D eigenvalue weighted by atomic mass is 32.1. The molecule has 1 atom stereocenters. The number of carbonyl (C=O) groups is 1. The maximum atomic E-state index is 13.2. The number of nitrogens with zero attached hydrogens (tertiary/aromatic N) is 6. The second kappa shape index (κ2) is 10.4. The van der Waals surface area contributed by atoms with Crippen molar-refractivity contribution in [3.05, 3.63) is 66.1 Å². The van der Waals surface area contributed by atoms with Crippen LogP contribution in [0.1, 0.15) is 31.1 Å². The van der Waals surface area contributed by atoms with Crippen LogP contribution in [-0.4, -0.2) is 66.3 Å². The number of H-pyrrole nitrogens is 1. The molecule has 5 rings (SSSR count). The van der Waals surface area contributed by atoms with E-state index in [0.717, 1.165) is 34.8 Å². The topological polar surface area (TPSA) is 104 Å². The predicted octanol–water partition coefficient (Wildman–Crippen LogP) is 4.37. The summed E-state index contributed by atoms with van der Waals surface area (Å²) in [6.45, 7) is 8.81. The van der Waals surface area contributed by atoms with Gasteiger partial charge in [0.1, 0.15) is 0 Å². The third-order valence-corrected chi connectivity index (χ3v) is 7.19. The fourth-order valence-corrected chi connectivity index (χ4v) is 4.96. The molecule has 0 aromatic carbocycles. The van der Waals surface area contributed by atoms with Crippen molar-refractivity contribution in [3.63, 3.8) is 0 Å². The van der Waals surface area contributed by atoms with Gasteiger partial charge >= 0.3 is 0 Å². The first-order chi connectivity index (χ1) is 17.6. The van der Waals surface area contributed by atoms with Crippen LogP contribution < -0.4 is 5.32 Å². The van der Waals surface area contributed by atoms with Crippen LogP contribution in [0.2, 0.25) is 0 Å². The van der Waals surface area contributed by atoms with Crippen molar-refractivity contribution in [3.8, 4) is 33.1 Å². The summed E-state index contributed by atoms with van der Waals surface area (Å²) in [5.74, 6) is -0.147. The van der Waals surface area contributed by atoms with Gasteiger partial charge in [-0.2, -0.15) is 10.2 Å². The average Bonchev–Trinajstić information content (AvgIpc) is 3.69. The minimum atomic E-state index is -0.147. The van der Waals surface area contributed by atoms with Crippen LogP contribution in [0.25, 0.3) is 38.7 Å². The van der Waals surface area contributed by atoms with Crippen LogP contribution in [-0.2, 0) is 0 Å². The Morgan fingerprint density at radius 3 is 2.69 bits per heavy atom. The molecule has 0 bridgehead atoms. The molecule has 0 aliphatic rings. The van der Waals surface area contributed by atoms with Crippen LogP contribution in [0, 0.1) is 0 Å². The Balaban J connectivity index is 1.53. The minimum Gasteiger partial charge on any atom is -0.350 e. The van der Waals surface area contributed by atoms with Crippen molar-refractivity contribution >= 4 is 22.9 Å². The van der Waals surface area contributed by atoms with Gasteiger partial charge in [0.25, 0.3) is 5.91 Å². The largest absolute Gasteiger partial charge is 0.350 e. The number of rotatable bonds is 9. The standard InChI is InChI=1S/C26H28N8OS/c1-4-33(5-2)17(3)13-27-26(35)18-11-22(19-14-28-29-15-19)31-23(12-18)20-16-30-34-9-8-21(32-25(20)34)24-7-6-10-36-24/h6-12,14-17H,4-5,13H2,1-3H3,(H,27,35)(H,28,29). The zero-order valence-electron chi connectivity index (χ0n) is 20.5. The number of hydrogen-bond acceptors (Lipinski definition) is 7. The number of fused-ring (bicyclic) bond motifs is 1. The van der Waals surface area contributed by atoms with Crippen molar-refractivity contribution in [1.29, 1.82) is 0 Å². The minimum absolute atomic E-state index is 0.147. The molecule has 0 aliphatic carbocycles. The van der Waals surface area contributed by atoms with E-state index in [9.17, 15) is 4.79 Å². The van der Waals surface area contributed by atoms with E-state index in [-0.39, 0.29) is 11.9 Å². The molecule has 0 radical (unpaired) electrons. The molecule has 5 aromatic rings. The number of aromatic nitrogens is 6. The normalized spacial score (nSPS) is 12.3. The Labute approximate surface area is 213 Å². The van der Waals surface area contributed by atoms with Crippen LogP contribution in [0.15, 0.2) is 60.5 Å². The molecule has 10 heteroatoms. The number of hydrogen-bond donors (Lipinski definition) is 2. The summed E-state index contributed by atoms with van der Waals surface area (Å²) in [7, 11) is 0. The Bertz CT molecular complexity index is 1450. The van der Waals surface area contributed by atoms with Crippen LogP contribution >= 0.6 is 11.3 Å². The van der Waals surface area contributed by atoms with E-state index < -0.39 is 0 Å². The van der Waals surface area contributed by atoms with E-state index in [1.54, 1.807) is 46.6 Å². The zero-order chi connectivity index (χ0) is 25.1. The third-order valence-electron chi connectivity index (χ3n) is 6.29. The first-order valence-electron chi connectivity index (χ1n) is 12.0. The second-order valence-corrected chi connectivity index (χ2v) is 9.46. The molecule has 0 fully saturated rings. The summed E-state index contributed by atoms with van der Waals surface area (Å²) in [4.78, 5) is 26.4. The summed E-state index contributed by atoms with van der Waals surface area (Å²) < 4.78 is 1.73. The molecule has 0 saturated heterocycles. The van der Waals surface area contributed by atoms with Gasteiger partial charge in [0.05, 0.1) is 39.9 Å². The van der Waals surface area contributed by atoms with Gasteiger partial charge < -0.3 is 5.32 Å². The van der Waals surface area contributed by atoms with E-state index in [0.29, 0.717) is 29.1 Å². The fourth-order valence-electron chi connectivity index (χ4n) is 4.27. The molecular formula is C26H28N8OS. The molecule has 9 nitrogen and oxygen atoms in total. The molecule has 0 aliphatic heterocycles. The number of amides is 1. The molecule has 184 valence electrons. The summed E-state index contributed by atoms with van der Waals surface area (Å²) in [6.07, 6.45) is 7.09. The van der Waals surface area contributed by atoms with Crippen molar-refractivity contribution < 1.29 is 4.79 Å². The van der Waals surface area contributed by atoms with Gasteiger partial charge in [0.2, 0.25) is 0 Å². The molecule has 5 aromatic heterocycles. The van der Waals surface area contributed by atoms with E-state index >= 15 is 0 Å². The Kier molecular flexibility index (Phi) is 6.88. The molecule has 0 saturated carbocycles. The van der Waals surface area contributed by atoms with Gasteiger partial charge in [-0.1, -0.05) is 19.9 Å². The highest BCUT2D eigenvalue weighted by molar-refractivity contribution is 7.13. The molecule has 2 N–H and O–H groups in total. The molecule has 1 unspecified atom stereocenters. The van der Waals surface area contributed by atoms with Crippen molar-refractivity contribution in [2.75, 3.05) is 19.6 Å². The van der Waals surface area contributed by atoms with Crippen molar-refractivity contribution in [2.24, 2.45) is 0 Å². The maximum Gasteiger partial charge on any atom is 0.251 e. The van der Waals surface area contributed by atoms with E-state index in [2.05, 4.69) is 46.3 Å². The third kappa shape index (κ3) is 4.77. The van der Waals surface area contributed by atoms with Gasteiger partial charge in [0.15, 0.2) is 5.65 Å². The summed E-state index contributed by atoms with van der Waals surface area (Å²) in [6, 6.07) is 9.82. The SMILES string of the molecule is CCN(CC)C(C)CNC(=O)c1cc(-c2cn[nH]c2)nc(-c2cnn3ccc(-c4cccs4)nc23)c1. The van der Waals surface area contributed by atoms with Crippen molar-refractivity contribution in [1.82, 2.24) is 40.0 Å². The average molecular weight is 501 g/mol. The lowest BCUT2D eigenvalue weighted by atomic mass is 10.1. The van der Waals surface area contributed by atoms with Gasteiger partial charge in [-0.15, -0.1) is 11.3 Å². The number of carbonyl (C=O) groups excluding carboxylic acids is 1. The zero-order valence-corrected chi connectivity index (χ0v) is 21.3. The lowest BCUT2D eigenvalue weighted by Gasteiger charge is -2.26. The number of likely N-dealkylation sites (N-methyl/N-ethyl adjacent to an activating group) is 1. The quantitative estimate of drug-likeness (QED) is 0.311. The summed E-state index contributed by atoms with van der Waals surface area (Å²) >= 11 is 1.63. The maximum absolute atomic E-state index is 13.2. The lowest BCUT2D eigenvalue weighted by molar-refractivity contribution is 0.0938. The Hall–Kier alpha value is -3.89. The molecule has 0 spiro atoms. The first kappa shape index (κ1) is 23.8. The van der Waals surface area contributed by atoms with Gasteiger partial charge in [-0.3, -0.25) is 14.8 Å². The van der Waals surface area contributed by atoms with Gasteiger partial charge in [-0.25, -0.2) is 14.5 Å². The number of nitrogens with one attached hydrogen (secondary N) is 2. The Morgan fingerprint density at radius 2 is 1.97 bits per heavy atom. The van der Waals surface area contributed by atoms with Crippen LogP contribution in [0.3, 0.4) is 0 Å². The number of aromatic amines is 1. The predicted molar refractivity (Wildman–Crippen MR) is 142 cm³/mol. The summed E-state index contributed by atoms with van der Waals surface area (Å²) in [5, 5.41) is 16.5. The monoisotopic (exact) mass is 500 g/mol. The van der Waals surface area contributed by atoms with Gasteiger partial charge in [0, 0.05) is 36.1 Å². The first-order valence-corrected chi connectivity index (χ1v) is 12.9. The summed E-state index contributed by atoms with van der Waals surface area (Å²) in [5.41, 5.74) is 4.90. The highest BCUT2D eigenvalue weighted by Crippen LogP contribution is 2.29. The van der Waals surface area contributed by atoms with E-state index in [1.165, 1.54) is 0 Å². The van der Waals surface area contributed by atoms with E-state index in [4.69, 9.17) is 9.97 Å². The smallest absolute Gasteiger partial charge is 0.251 e. The fraction of sp³-hybridized carbons (Fsp3) is 0.269. The number of pyridine rings is 1. The van der Waals surface area contributed by atoms with Gasteiger partial charge in [-0.05, 0) is 49.7 Å². The van der Waals surface area contributed by atoms with Crippen LogP contribution in [0.4, 0.5) is 0 Å². The number of thiophene rings is 1. The lowest BCUT2D eigenvalue weighted by Crippen LogP contribution is -2.42. The molecule has 5 heterocycles. The second-order valence-electron chi connectivity index (χ2n) is 8.51. The van der Waals surface area contributed by atoms with E-state index in [1.807, 2.05) is 29.8 Å². The van der Waals surface area contributed by atoms with Crippen LogP contribution in [0.5, 0.6) is 0 Å². The molecular weight excluding hydrogens is 472 g/mol. The molecule has 36 heavy (non-hydrogen) atoms. The highest BCUT2D eigenvalue weighted by Gasteiger charge is 2.18. The molecule has 1 amide bonds.